The van der Waals surface area contributed by atoms with Gasteiger partial charge < -0.3 is 5.32 Å². The Morgan fingerprint density at radius 2 is 1.44 bits per heavy atom. The second kappa shape index (κ2) is 8.29. The highest BCUT2D eigenvalue weighted by Gasteiger charge is 2.18. The quantitative estimate of drug-likeness (QED) is 0.689. The van der Waals surface area contributed by atoms with Crippen LogP contribution >= 0.6 is 0 Å². The molecule has 126 valence electrons. The lowest BCUT2D eigenvalue weighted by Crippen LogP contribution is -2.30. The fraction of sp³-hybridized carbons (Fsp3) is 0.174. The standard InChI is InChI=1S/C23H23NO/c1-18-10-8-9-15-21(18)23(20-13-6-3-7-14-20)24-22(25)17-16-19-11-4-2-5-12-19/h2-15,23H,16-17H2,1H3,(H,24,25)/t23-/m1/s1. The Balaban J connectivity index is 1.76. The minimum Gasteiger partial charge on any atom is -0.345 e. The fourth-order valence-electron chi connectivity index (χ4n) is 3.03. The summed E-state index contributed by atoms with van der Waals surface area (Å²) >= 11 is 0. The van der Waals surface area contributed by atoms with Crippen LogP contribution in [0.15, 0.2) is 84.9 Å². The van der Waals surface area contributed by atoms with Gasteiger partial charge in [0.05, 0.1) is 6.04 Å². The van der Waals surface area contributed by atoms with Crippen molar-refractivity contribution in [1.29, 1.82) is 0 Å². The molecule has 0 spiro atoms. The highest BCUT2D eigenvalue weighted by molar-refractivity contribution is 5.77. The molecule has 3 aromatic carbocycles. The molecular formula is C23H23NO. The Bertz CT molecular complexity index is 812. The van der Waals surface area contributed by atoms with Gasteiger partial charge in [0, 0.05) is 6.42 Å². The van der Waals surface area contributed by atoms with E-state index >= 15 is 0 Å². The number of nitrogens with one attached hydrogen (secondary N) is 1. The van der Waals surface area contributed by atoms with Crippen LogP contribution in [0.2, 0.25) is 0 Å². The average molecular weight is 329 g/mol. The molecule has 0 fully saturated rings. The predicted molar refractivity (Wildman–Crippen MR) is 102 cm³/mol. The third kappa shape index (κ3) is 4.57. The molecule has 0 aliphatic heterocycles. The lowest BCUT2D eigenvalue weighted by Gasteiger charge is -2.21. The van der Waals surface area contributed by atoms with E-state index in [1.807, 2.05) is 48.5 Å². The van der Waals surface area contributed by atoms with Gasteiger partial charge in [0.1, 0.15) is 0 Å². The van der Waals surface area contributed by atoms with Crippen molar-refractivity contribution in [3.63, 3.8) is 0 Å². The zero-order valence-electron chi connectivity index (χ0n) is 14.5. The third-order valence-corrected chi connectivity index (χ3v) is 4.42. The van der Waals surface area contributed by atoms with Gasteiger partial charge in [-0.3, -0.25) is 4.79 Å². The van der Waals surface area contributed by atoms with E-state index in [2.05, 4.69) is 48.6 Å². The zero-order chi connectivity index (χ0) is 17.5. The molecule has 1 amide bonds. The molecule has 0 aliphatic rings. The SMILES string of the molecule is Cc1ccccc1[C@H](NC(=O)CCc1ccccc1)c1ccccc1. The van der Waals surface area contributed by atoms with Crippen LogP contribution in [-0.2, 0) is 11.2 Å². The lowest BCUT2D eigenvalue weighted by molar-refractivity contribution is -0.121. The van der Waals surface area contributed by atoms with Crippen molar-refractivity contribution in [1.82, 2.24) is 5.32 Å². The number of aryl methyl sites for hydroxylation is 2. The van der Waals surface area contributed by atoms with Crippen LogP contribution in [0.4, 0.5) is 0 Å². The van der Waals surface area contributed by atoms with Gasteiger partial charge in [-0.1, -0.05) is 84.9 Å². The Kier molecular flexibility index (Phi) is 5.63. The summed E-state index contributed by atoms with van der Waals surface area (Å²) in [5, 5.41) is 3.22. The van der Waals surface area contributed by atoms with Gasteiger partial charge in [0.25, 0.3) is 0 Å². The first-order valence-electron chi connectivity index (χ1n) is 8.68. The number of rotatable bonds is 6. The first kappa shape index (κ1) is 17.0. The van der Waals surface area contributed by atoms with Gasteiger partial charge >= 0.3 is 0 Å². The van der Waals surface area contributed by atoms with Crippen molar-refractivity contribution in [3.8, 4) is 0 Å². The molecule has 1 atom stereocenters. The van der Waals surface area contributed by atoms with E-state index in [1.165, 1.54) is 11.1 Å². The summed E-state index contributed by atoms with van der Waals surface area (Å²) in [5.74, 6) is 0.0703. The van der Waals surface area contributed by atoms with Gasteiger partial charge in [-0.15, -0.1) is 0 Å². The van der Waals surface area contributed by atoms with Crippen molar-refractivity contribution in [3.05, 3.63) is 107 Å². The molecule has 0 heterocycles. The Morgan fingerprint density at radius 1 is 0.840 bits per heavy atom. The molecule has 0 saturated carbocycles. The number of carbonyl (C=O) groups excluding carboxylic acids is 1. The number of carbonyl (C=O) groups is 1. The maximum atomic E-state index is 12.6. The maximum Gasteiger partial charge on any atom is 0.221 e. The molecule has 25 heavy (non-hydrogen) atoms. The number of amides is 1. The van der Waals surface area contributed by atoms with Crippen LogP contribution in [0.3, 0.4) is 0 Å². The molecule has 3 aromatic rings. The van der Waals surface area contributed by atoms with E-state index < -0.39 is 0 Å². The summed E-state index contributed by atoms with van der Waals surface area (Å²) in [6.45, 7) is 2.08. The van der Waals surface area contributed by atoms with Crippen molar-refractivity contribution in [2.45, 2.75) is 25.8 Å². The summed E-state index contributed by atoms with van der Waals surface area (Å²) in [7, 11) is 0. The van der Waals surface area contributed by atoms with E-state index in [4.69, 9.17) is 0 Å². The summed E-state index contributed by atoms with van der Waals surface area (Å²) in [5.41, 5.74) is 4.61. The predicted octanol–water partition coefficient (Wildman–Crippen LogP) is 4.83. The largest absolute Gasteiger partial charge is 0.345 e. The molecule has 0 aromatic heterocycles. The minimum atomic E-state index is -0.120. The Morgan fingerprint density at radius 3 is 2.12 bits per heavy atom. The number of benzene rings is 3. The molecule has 0 aliphatic carbocycles. The first-order valence-corrected chi connectivity index (χ1v) is 8.68. The molecule has 0 saturated heterocycles. The maximum absolute atomic E-state index is 12.6. The molecule has 0 bridgehead atoms. The number of hydrogen-bond acceptors (Lipinski definition) is 1. The third-order valence-electron chi connectivity index (χ3n) is 4.42. The topological polar surface area (TPSA) is 29.1 Å². The van der Waals surface area contributed by atoms with E-state index in [1.54, 1.807) is 0 Å². The summed E-state index contributed by atoms with van der Waals surface area (Å²) in [6, 6.07) is 28.4. The van der Waals surface area contributed by atoms with Crippen LogP contribution in [0.25, 0.3) is 0 Å². The van der Waals surface area contributed by atoms with Gasteiger partial charge in [0.15, 0.2) is 0 Å². The van der Waals surface area contributed by atoms with Crippen molar-refractivity contribution in [2.75, 3.05) is 0 Å². The van der Waals surface area contributed by atoms with E-state index in [0.717, 1.165) is 17.5 Å². The lowest BCUT2D eigenvalue weighted by atomic mass is 9.94. The van der Waals surface area contributed by atoms with Gasteiger partial charge in [0.2, 0.25) is 5.91 Å². The second-order valence-corrected chi connectivity index (χ2v) is 6.25. The molecule has 2 heteroatoms. The molecule has 0 unspecified atom stereocenters. The average Bonchev–Trinajstić information content (AvgIpc) is 2.67. The molecule has 2 nitrogen and oxygen atoms in total. The van der Waals surface area contributed by atoms with Crippen LogP contribution in [0, 0.1) is 6.92 Å². The summed E-state index contributed by atoms with van der Waals surface area (Å²) < 4.78 is 0. The molecular weight excluding hydrogens is 306 g/mol. The normalized spacial score (nSPS) is 11.7. The fourth-order valence-corrected chi connectivity index (χ4v) is 3.03. The Hall–Kier alpha value is -2.87. The van der Waals surface area contributed by atoms with Gasteiger partial charge in [-0.05, 0) is 35.6 Å². The molecule has 0 radical (unpaired) electrons. The summed E-state index contributed by atoms with van der Waals surface area (Å²) in [6.07, 6.45) is 1.24. The highest BCUT2D eigenvalue weighted by Crippen LogP contribution is 2.25. The molecule has 3 rings (SSSR count). The minimum absolute atomic E-state index is 0.0703. The van der Waals surface area contributed by atoms with Gasteiger partial charge in [-0.25, -0.2) is 0 Å². The second-order valence-electron chi connectivity index (χ2n) is 6.25. The smallest absolute Gasteiger partial charge is 0.221 e. The Labute approximate surface area is 149 Å². The van der Waals surface area contributed by atoms with Crippen molar-refractivity contribution >= 4 is 5.91 Å². The van der Waals surface area contributed by atoms with Crippen LogP contribution in [0.1, 0.15) is 34.7 Å². The van der Waals surface area contributed by atoms with E-state index in [0.29, 0.717) is 6.42 Å². The van der Waals surface area contributed by atoms with Crippen LogP contribution in [-0.4, -0.2) is 5.91 Å². The zero-order valence-corrected chi connectivity index (χ0v) is 14.5. The summed E-state index contributed by atoms with van der Waals surface area (Å²) in [4.78, 5) is 12.6. The van der Waals surface area contributed by atoms with Gasteiger partial charge in [-0.2, -0.15) is 0 Å². The molecule has 1 N–H and O–H groups in total. The number of hydrogen-bond donors (Lipinski definition) is 1. The monoisotopic (exact) mass is 329 g/mol. The highest BCUT2D eigenvalue weighted by atomic mass is 16.1. The van der Waals surface area contributed by atoms with E-state index in [9.17, 15) is 4.79 Å². The van der Waals surface area contributed by atoms with Crippen LogP contribution < -0.4 is 5.32 Å². The van der Waals surface area contributed by atoms with Crippen molar-refractivity contribution < 1.29 is 4.79 Å². The van der Waals surface area contributed by atoms with E-state index in [-0.39, 0.29) is 11.9 Å². The first-order chi connectivity index (χ1) is 12.2. The van der Waals surface area contributed by atoms with Crippen molar-refractivity contribution in [2.24, 2.45) is 0 Å². The van der Waals surface area contributed by atoms with Crippen LogP contribution in [0.5, 0.6) is 0 Å².